The molecule has 0 radical (unpaired) electrons. The zero-order valence-corrected chi connectivity index (χ0v) is 18.3. The summed E-state index contributed by atoms with van der Waals surface area (Å²) in [6.07, 6.45) is 5.00. The van der Waals surface area contributed by atoms with Gasteiger partial charge in [-0.05, 0) is 42.3 Å². The van der Waals surface area contributed by atoms with Gasteiger partial charge in [-0.25, -0.2) is 9.69 Å². The molecule has 174 valence electrons. The number of allylic oxidation sites excluding steroid dienone is 1. The fraction of sp³-hybridized carbons (Fsp3) is 0.125. The van der Waals surface area contributed by atoms with Gasteiger partial charge < -0.3 is 9.47 Å². The number of rotatable bonds is 9. The van der Waals surface area contributed by atoms with Gasteiger partial charge in [0.25, 0.3) is 17.5 Å². The van der Waals surface area contributed by atoms with Crippen molar-refractivity contribution >= 4 is 35.3 Å². The van der Waals surface area contributed by atoms with Crippen LogP contribution in [0.1, 0.15) is 11.1 Å². The number of anilines is 1. The van der Waals surface area contributed by atoms with E-state index in [2.05, 4.69) is 18.5 Å². The van der Waals surface area contributed by atoms with Crippen LogP contribution < -0.4 is 19.7 Å². The van der Waals surface area contributed by atoms with E-state index in [-0.39, 0.29) is 23.6 Å². The Morgan fingerprint density at radius 3 is 2.41 bits per heavy atom. The summed E-state index contributed by atoms with van der Waals surface area (Å²) in [6, 6.07) is 7.15. The second-order valence-electron chi connectivity index (χ2n) is 7.04. The van der Waals surface area contributed by atoms with Crippen molar-refractivity contribution in [2.45, 2.75) is 6.42 Å². The molecule has 1 aliphatic heterocycles. The molecule has 2 aromatic carbocycles. The Labute approximate surface area is 194 Å². The smallest absolute Gasteiger partial charge is 0.335 e. The van der Waals surface area contributed by atoms with Gasteiger partial charge in [-0.2, -0.15) is 0 Å². The van der Waals surface area contributed by atoms with E-state index >= 15 is 0 Å². The lowest BCUT2D eigenvalue weighted by atomic mass is 10.0. The van der Waals surface area contributed by atoms with Crippen LogP contribution in [-0.4, -0.2) is 36.5 Å². The van der Waals surface area contributed by atoms with Gasteiger partial charge in [0.2, 0.25) is 0 Å². The molecule has 10 nitrogen and oxygen atoms in total. The fourth-order valence-corrected chi connectivity index (χ4v) is 3.31. The first-order valence-corrected chi connectivity index (χ1v) is 10.0. The van der Waals surface area contributed by atoms with E-state index in [0.29, 0.717) is 29.0 Å². The minimum absolute atomic E-state index is 0.0737. The fourth-order valence-electron chi connectivity index (χ4n) is 3.31. The van der Waals surface area contributed by atoms with Gasteiger partial charge in [0, 0.05) is 17.7 Å². The summed E-state index contributed by atoms with van der Waals surface area (Å²) >= 11 is 0. The highest BCUT2D eigenvalue weighted by Crippen LogP contribution is 2.35. The molecule has 1 heterocycles. The average Bonchev–Trinajstić information content (AvgIpc) is 2.81. The van der Waals surface area contributed by atoms with E-state index in [1.807, 2.05) is 0 Å². The van der Waals surface area contributed by atoms with Crippen molar-refractivity contribution in [1.29, 1.82) is 0 Å². The van der Waals surface area contributed by atoms with Gasteiger partial charge in [-0.3, -0.25) is 25.0 Å². The minimum atomic E-state index is -0.959. The van der Waals surface area contributed by atoms with Crippen LogP contribution in [0, 0.1) is 10.1 Å². The molecule has 0 spiro atoms. The highest BCUT2D eigenvalue weighted by Gasteiger charge is 2.37. The molecule has 0 bridgehead atoms. The Balaban J connectivity index is 2.04. The molecule has 0 aromatic heterocycles. The number of nitrogens with zero attached hydrogens (tertiary/aromatic N) is 2. The number of carbonyl (C=O) groups is 3. The molecule has 3 rings (SSSR count). The molecule has 0 aliphatic carbocycles. The molecule has 0 atom stereocenters. The third-order valence-electron chi connectivity index (χ3n) is 4.82. The summed E-state index contributed by atoms with van der Waals surface area (Å²) in [6.45, 7) is 7.61. The molecule has 1 aliphatic rings. The number of imide groups is 2. The molecule has 1 fully saturated rings. The lowest BCUT2D eigenvalue weighted by molar-refractivity contribution is -0.384. The molecule has 2 aromatic rings. The van der Waals surface area contributed by atoms with Gasteiger partial charge in [-0.15, -0.1) is 6.58 Å². The van der Waals surface area contributed by atoms with Crippen molar-refractivity contribution in [1.82, 2.24) is 5.32 Å². The monoisotopic (exact) mass is 463 g/mol. The Morgan fingerprint density at radius 1 is 1.12 bits per heavy atom. The second kappa shape index (κ2) is 10.3. The second-order valence-corrected chi connectivity index (χ2v) is 7.04. The Bertz CT molecular complexity index is 1220. The number of non-ortho nitro benzene ring substituents is 1. The number of nitro benzene ring substituents is 1. The van der Waals surface area contributed by atoms with E-state index in [4.69, 9.17) is 9.47 Å². The van der Waals surface area contributed by atoms with Crippen LogP contribution in [-0.2, 0) is 16.0 Å². The number of hydrogen-bond acceptors (Lipinski definition) is 7. The van der Waals surface area contributed by atoms with E-state index in [0.717, 1.165) is 17.0 Å². The van der Waals surface area contributed by atoms with Crippen LogP contribution in [0.25, 0.3) is 6.08 Å². The summed E-state index contributed by atoms with van der Waals surface area (Å²) in [5, 5.41) is 13.0. The highest BCUT2D eigenvalue weighted by atomic mass is 16.6. The predicted octanol–water partition coefficient (Wildman–Crippen LogP) is 3.56. The zero-order valence-electron chi connectivity index (χ0n) is 18.3. The molecular formula is C24H21N3O7. The van der Waals surface area contributed by atoms with E-state index in [9.17, 15) is 24.5 Å². The predicted molar refractivity (Wildman–Crippen MR) is 125 cm³/mol. The van der Waals surface area contributed by atoms with Gasteiger partial charge in [0.15, 0.2) is 11.5 Å². The van der Waals surface area contributed by atoms with Gasteiger partial charge in [0.05, 0.1) is 17.7 Å². The average molecular weight is 463 g/mol. The Kier molecular flexibility index (Phi) is 7.22. The summed E-state index contributed by atoms with van der Waals surface area (Å²) in [5.74, 6) is -0.894. The Hall–Kier alpha value is -4.73. The van der Waals surface area contributed by atoms with E-state index < -0.39 is 22.8 Å². The molecule has 0 saturated carbocycles. The first kappa shape index (κ1) is 23.9. The molecule has 34 heavy (non-hydrogen) atoms. The first-order chi connectivity index (χ1) is 16.3. The number of methoxy groups -OCH3 is 1. The van der Waals surface area contributed by atoms with E-state index in [1.165, 1.54) is 25.3 Å². The quantitative estimate of drug-likeness (QED) is 0.198. The maximum atomic E-state index is 13.1. The van der Waals surface area contributed by atoms with Crippen LogP contribution in [0.15, 0.2) is 67.3 Å². The number of carbonyl (C=O) groups excluding carboxylic acids is 3. The minimum Gasteiger partial charge on any atom is -0.493 e. The number of benzene rings is 2. The number of barbiturate groups is 1. The number of hydrogen-bond donors (Lipinski definition) is 1. The lowest BCUT2D eigenvalue weighted by Crippen LogP contribution is -2.54. The van der Waals surface area contributed by atoms with Gasteiger partial charge >= 0.3 is 6.03 Å². The molecule has 1 saturated heterocycles. The molecule has 0 unspecified atom stereocenters. The SMILES string of the molecule is C=CCOc1c(CC=C)cc(/C=C2\C(=O)NC(=O)N(c3ccc([N+](=O)[O-])cc3)C2=O)cc1OC. The van der Waals surface area contributed by atoms with Crippen molar-refractivity contribution in [3.63, 3.8) is 0 Å². The third-order valence-corrected chi connectivity index (χ3v) is 4.82. The van der Waals surface area contributed by atoms with E-state index in [1.54, 1.807) is 24.3 Å². The van der Waals surface area contributed by atoms with Crippen molar-refractivity contribution in [2.75, 3.05) is 18.6 Å². The van der Waals surface area contributed by atoms with Crippen LogP contribution in [0.3, 0.4) is 0 Å². The standard InChI is InChI=1S/C24H21N3O7/c1-4-6-16-12-15(14-20(33-3)21(16)34-11-5-2)13-19-22(28)25-24(30)26(23(19)29)17-7-9-18(10-8-17)27(31)32/h4-5,7-10,12-14H,1-2,6,11H2,3H3,(H,25,28,30)/b19-13+. The van der Waals surface area contributed by atoms with Crippen LogP contribution in [0.4, 0.5) is 16.2 Å². The van der Waals surface area contributed by atoms with Crippen molar-refractivity contribution in [3.8, 4) is 11.5 Å². The first-order valence-electron chi connectivity index (χ1n) is 10.0. The van der Waals surface area contributed by atoms with Crippen LogP contribution in [0.5, 0.6) is 11.5 Å². The third kappa shape index (κ3) is 4.85. The van der Waals surface area contributed by atoms with Crippen LogP contribution >= 0.6 is 0 Å². The maximum Gasteiger partial charge on any atom is 0.335 e. The van der Waals surface area contributed by atoms with Gasteiger partial charge in [-0.1, -0.05) is 18.7 Å². The zero-order chi connectivity index (χ0) is 24.8. The number of urea groups is 1. The van der Waals surface area contributed by atoms with Crippen LogP contribution in [0.2, 0.25) is 0 Å². The Morgan fingerprint density at radius 2 is 1.82 bits per heavy atom. The lowest BCUT2D eigenvalue weighted by Gasteiger charge is -2.26. The maximum absolute atomic E-state index is 13.1. The van der Waals surface area contributed by atoms with Crippen molar-refractivity contribution < 1.29 is 28.8 Å². The summed E-state index contributed by atoms with van der Waals surface area (Å²) in [7, 11) is 1.46. The molecular weight excluding hydrogens is 442 g/mol. The molecule has 1 N–H and O–H groups in total. The largest absolute Gasteiger partial charge is 0.493 e. The summed E-state index contributed by atoms with van der Waals surface area (Å²) in [4.78, 5) is 49.0. The van der Waals surface area contributed by atoms with Crippen molar-refractivity contribution in [2.24, 2.45) is 0 Å². The molecule has 4 amide bonds. The number of nitrogens with one attached hydrogen (secondary N) is 1. The highest BCUT2D eigenvalue weighted by molar-refractivity contribution is 6.39. The normalized spacial score (nSPS) is 14.6. The van der Waals surface area contributed by atoms with Crippen molar-refractivity contribution in [3.05, 3.63) is 88.5 Å². The van der Waals surface area contributed by atoms with Gasteiger partial charge in [0.1, 0.15) is 12.2 Å². The summed E-state index contributed by atoms with van der Waals surface area (Å²) in [5.41, 5.74) is 0.723. The summed E-state index contributed by atoms with van der Waals surface area (Å²) < 4.78 is 11.1. The number of amides is 4. The topological polar surface area (TPSA) is 128 Å². The molecule has 10 heteroatoms. The number of nitro groups is 1. The number of ether oxygens (including phenoxy) is 2.